The first-order chi connectivity index (χ1) is 5.43. The maximum absolute atomic E-state index is 5.36. The third kappa shape index (κ3) is 3.25. The standard InChI is InChI=1S/C8H16N2O/c1-2-3-7-11-8-9-5-4-6-10-8/h2-7H2,1H3,(H,9,10). The van der Waals surface area contributed by atoms with Crippen LogP contribution in [0.1, 0.15) is 26.2 Å². The lowest BCUT2D eigenvalue weighted by Gasteiger charge is -2.14. The number of amidine groups is 1. The van der Waals surface area contributed by atoms with E-state index in [4.69, 9.17) is 4.74 Å². The molecule has 0 fully saturated rings. The summed E-state index contributed by atoms with van der Waals surface area (Å²) in [5.74, 6) is 0. The molecule has 3 nitrogen and oxygen atoms in total. The van der Waals surface area contributed by atoms with Crippen molar-refractivity contribution in [1.82, 2.24) is 5.32 Å². The van der Waals surface area contributed by atoms with E-state index in [0.29, 0.717) is 0 Å². The van der Waals surface area contributed by atoms with Gasteiger partial charge < -0.3 is 10.1 Å². The van der Waals surface area contributed by atoms with Crippen molar-refractivity contribution in [3.8, 4) is 0 Å². The van der Waals surface area contributed by atoms with E-state index in [-0.39, 0.29) is 0 Å². The lowest BCUT2D eigenvalue weighted by Crippen LogP contribution is -2.31. The highest BCUT2D eigenvalue weighted by Gasteiger charge is 2.02. The Hall–Kier alpha value is -0.730. The predicted molar refractivity (Wildman–Crippen MR) is 45.8 cm³/mol. The van der Waals surface area contributed by atoms with Crippen molar-refractivity contribution in [1.29, 1.82) is 0 Å². The Labute approximate surface area is 67.8 Å². The number of aliphatic imine (C=N–C) groups is 1. The number of hydrogen-bond acceptors (Lipinski definition) is 3. The molecule has 1 aliphatic rings. The monoisotopic (exact) mass is 156 g/mol. The third-order valence-electron chi connectivity index (χ3n) is 1.60. The SMILES string of the molecule is CCCCOC1=NCCCN1. The summed E-state index contributed by atoms with van der Waals surface area (Å²) in [6, 6.07) is 0.740. The summed E-state index contributed by atoms with van der Waals surface area (Å²) in [6.07, 6.45) is 3.41. The van der Waals surface area contributed by atoms with Gasteiger partial charge in [-0.2, -0.15) is 0 Å². The molecule has 11 heavy (non-hydrogen) atoms. The summed E-state index contributed by atoms with van der Waals surface area (Å²) in [7, 11) is 0. The van der Waals surface area contributed by atoms with Gasteiger partial charge in [-0.15, -0.1) is 0 Å². The Morgan fingerprint density at radius 3 is 3.18 bits per heavy atom. The van der Waals surface area contributed by atoms with Gasteiger partial charge in [0, 0.05) is 13.1 Å². The summed E-state index contributed by atoms with van der Waals surface area (Å²) >= 11 is 0. The summed E-state index contributed by atoms with van der Waals surface area (Å²) in [6.45, 7) is 4.86. The molecule has 0 amide bonds. The zero-order chi connectivity index (χ0) is 7.94. The minimum absolute atomic E-state index is 0.740. The first kappa shape index (κ1) is 8.37. The molecular formula is C8H16N2O. The van der Waals surface area contributed by atoms with Gasteiger partial charge in [-0.3, -0.25) is 0 Å². The van der Waals surface area contributed by atoms with Crippen LogP contribution in [0.25, 0.3) is 0 Å². The summed E-state index contributed by atoms with van der Waals surface area (Å²) in [4.78, 5) is 4.18. The Morgan fingerprint density at radius 1 is 1.64 bits per heavy atom. The van der Waals surface area contributed by atoms with E-state index in [1.165, 1.54) is 6.42 Å². The molecule has 0 spiro atoms. The van der Waals surface area contributed by atoms with E-state index in [1.807, 2.05) is 0 Å². The van der Waals surface area contributed by atoms with Crippen LogP contribution in [0.4, 0.5) is 0 Å². The molecule has 1 heterocycles. The highest BCUT2D eigenvalue weighted by Crippen LogP contribution is 1.93. The first-order valence-corrected chi connectivity index (χ1v) is 4.34. The lowest BCUT2D eigenvalue weighted by molar-refractivity contribution is 0.277. The van der Waals surface area contributed by atoms with Crippen LogP contribution < -0.4 is 5.32 Å². The topological polar surface area (TPSA) is 33.6 Å². The van der Waals surface area contributed by atoms with E-state index in [1.54, 1.807) is 0 Å². The number of ether oxygens (including phenoxy) is 1. The number of hydrogen-bond donors (Lipinski definition) is 1. The Kier molecular flexibility index (Phi) is 3.80. The molecule has 1 N–H and O–H groups in total. The van der Waals surface area contributed by atoms with Gasteiger partial charge in [-0.1, -0.05) is 13.3 Å². The average Bonchev–Trinajstić information content (AvgIpc) is 2.07. The van der Waals surface area contributed by atoms with Crippen LogP contribution >= 0.6 is 0 Å². The Bertz CT molecular complexity index is 134. The molecule has 0 radical (unpaired) electrons. The van der Waals surface area contributed by atoms with Crippen molar-refractivity contribution in [3.63, 3.8) is 0 Å². The highest BCUT2D eigenvalue weighted by atomic mass is 16.5. The Balaban J connectivity index is 2.09. The van der Waals surface area contributed by atoms with E-state index in [0.717, 1.165) is 38.6 Å². The van der Waals surface area contributed by atoms with Gasteiger partial charge in [0.25, 0.3) is 6.02 Å². The fourth-order valence-electron chi connectivity index (χ4n) is 0.921. The van der Waals surface area contributed by atoms with Crippen molar-refractivity contribution < 1.29 is 4.74 Å². The van der Waals surface area contributed by atoms with Crippen molar-refractivity contribution in [2.24, 2.45) is 4.99 Å². The lowest BCUT2D eigenvalue weighted by atomic mass is 10.4. The molecule has 0 atom stereocenters. The predicted octanol–water partition coefficient (Wildman–Crippen LogP) is 1.15. The van der Waals surface area contributed by atoms with Crippen LogP contribution in [0.15, 0.2) is 4.99 Å². The van der Waals surface area contributed by atoms with Crippen LogP contribution in [-0.2, 0) is 4.74 Å². The number of nitrogens with zero attached hydrogens (tertiary/aromatic N) is 1. The van der Waals surface area contributed by atoms with Crippen LogP contribution in [-0.4, -0.2) is 25.7 Å². The van der Waals surface area contributed by atoms with Gasteiger partial charge in [0.1, 0.15) is 0 Å². The van der Waals surface area contributed by atoms with Crippen molar-refractivity contribution in [2.75, 3.05) is 19.7 Å². The van der Waals surface area contributed by atoms with E-state index >= 15 is 0 Å². The molecule has 0 aromatic heterocycles. The first-order valence-electron chi connectivity index (χ1n) is 4.34. The minimum atomic E-state index is 0.740. The molecule has 1 rings (SSSR count). The average molecular weight is 156 g/mol. The maximum atomic E-state index is 5.36. The van der Waals surface area contributed by atoms with Gasteiger partial charge >= 0.3 is 0 Å². The van der Waals surface area contributed by atoms with Crippen molar-refractivity contribution in [3.05, 3.63) is 0 Å². The fraction of sp³-hybridized carbons (Fsp3) is 0.875. The molecule has 3 heteroatoms. The largest absolute Gasteiger partial charge is 0.465 e. The fourth-order valence-corrected chi connectivity index (χ4v) is 0.921. The third-order valence-corrected chi connectivity index (χ3v) is 1.60. The molecule has 0 unspecified atom stereocenters. The van der Waals surface area contributed by atoms with Gasteiger partial charge in [0.2, 0.25) is 0 Å². The molecule has 0 aromatic rings. The quantitative estimate of drug-likeness (QED) is 0.622. The molecule has 0 bridgehead atoms. The van der Waals surface area contributed by atoms with Gasteiger partial charge in [-0.05, 0) is 12.8 Å². The van der Waals surface area contributed by atoms with Crippen LogP contribution in [0.2, 0.25) is 0 Å². The summed E-state index contributed by atoms with van der Waals surface area (Å²) < 4.78 is 5.36. The molecule has 0 saturated carbocycles. The van der Waals surface area contributed by atoms with Crippen LogP contribution in [0.3, 0.4) is 0 Å². The highest BCUT2D eigenvalue weighted by molar-refractivity contribution is 5.73. The van der Waals surface area contributed by atoms with Gasteiger partial charge in [-0.25, -0.2) is 4.99 Å². The van der Waals surface area contributed by atoms with Crippen LogP contribution in [0, 0.1) is 0 Å². The number of unbranched alkanes of at least 4 members (excludes halogenated alkanes) is 1. The van der Waals surface area contributed by atoms with Crippen LogP contribution in [0.5, 0.6) is 0 Å². The second kappa shape index (κ2) is 4.99. The molecule has 64 valence electrons. The minimum Gasteiger partial charge on any atom is -0.465 e. The van der Waals surface area contributed by atoms with Gasteiger partial charge in [0.05, 0.1) is 6.61 Å². The molecule has 0 aliphatic carbocycles. The zero-order valence-electron chi connectivity index (χ0n) is 7.10. The van der Waals surface area contributed by atoms with E-state index in [9.17, 15) is 0 Å². The van der Waals surface area contributed by atoms with Gasteiger partial charge in [0.15, 0.2) is 0 Å². The van der Waals surface area contributed by atoms with Crippen molar-refractivity contribution in [2.45, 2.75) is 26.2 Å². The maximum Gasteiger partial charge on any atom is 0.284 e. The normalized spacial score (nSPS) is 17.0. The second-order valence-corrected chi connectivity index (χ2v) is 2.67. The molecule has 1 aliphatic heterocycles. The van der Waals surface area contributed by atoms with E-state index < -0.39 is 0 Å². The molecule has 0 saturated heterocycles. The smallest absolute Gasteiger partial charge is 0.284 e. The number of nitrogens with one attached hydrogen (secondary N) is 1. The number of rotatable bonds is 3. The Morgan fingerprint density at radius 2 is 2.55 bits per heavy atom. The van der Waals surface area contributed by atoms with Crippen molar-refractivity contribution >= 4 is 6.02 Å². The van der Waals surface area contributed by atoms with E-state index in [2.05, 4.69) is 17.2 Å². The zero-order valence-corrected chi connectivity index (χ0v) is 7.10. The molecule has 0 aromatic carbocycles. The summed E-state index contributed by atoms with van der Waals surface area (Å²) in [5, 5.41) is 3.11. The summed E-state index contributed by atoms with van der Waals surface area (Å²) in [5.41, 5.74) is 0. The second-order valence-electron chi connectivity index (χ2n) is 2.67. The molecular weight excluding hydrogens is 140 g/mol.